The predicted octanol–water partition coefficient (Wildman–Crippen LogP) is 4.38. The molecule has 2 N–H and O–H groups in total. The Hall–Kier alpha value is -1.59. The molecule has 5 nitrogen and oxygen atoms in total. The number of hydrogen-bond acceptors (Lipinski definition) is 5. The third-order valence-electron chi connectivity index (χ3n) is 2.70. The summed E-state index contributed by atoms with van der Waals surface area (Å²) in [5.41, 5.74) is 0.751. The maximum absolute atomic E-state index is 5.96. The number of aromatic nitrogens is 3. The van der Waals surface area contributed by atoms with Gasteiger partial charge in [-0.05, 0) is 30.5 Å². The Kier molecular flexibility index (Phi) is 5.59. The van der Waals surface area contributed by atoms with Crippen LogP contribution >= 0.6 is 23.2 Å². The van der Waals surface area contributed by atoms with E-state index in [2.05, 4.69) is 39.7 Å². The highest BCUT2D eigenvalue weighted by atomic mass is 35.5. The van der Waals surface area contributed by atoms with Gasteiger partial charge in [0.2, 0.25) is 5.95 Å². The summed E-state index contributed by atoms with van der Waals surface area (Å²) in [5.74, 6) is 1.70. The van der Waals surface area contributed by atoms with E-state index in [-0.39, 0.29) is 0 Å². The monoisotopic (exact) mass is 325 g/mol. The van der Waals surface area contributed by atoms with Gasteiger partial charge in [0.1, 0.15) is 0 Å². The summed E-state index contributed by atoms with van der Waals surface area (Å²) in [6, 6.07) is 5.20. The van der Waals surface area contributed by atoms with Gasteiger partial charge in [-0.2, -0.15) is 10.1 Å². The van der Waals surface area contributed by atoms with Crippen LogP contribution < -0.4 is 10.6 Å². The number of anilines is 3. The van der Waals surface area contributed by atoms with Crippen LogP contribution in [0.4, 0.5) is 17.5 Å². The second kappa shape index (κ2) is 7.43. The fourth-order valence-electron chi connectivity index (χ4n) is 1.69. The minimum absolute atomic E-state index is 0.494. The van der Waals surface area contributed by atoms with Crippen molar-refractivity contribution in [2.45, 2.75) is 20.3 Å². The van der Waals surface area contributed by atoms with Crippen molar-refractivity contribution >= 4 is 40.7 Å². The van der Waals surface area contributed by atoms with Gasteiger partial charge in [0.25, 0.3) is 0 Å². The van der Waals surface area contributed by atoms with Crippen molar-refractivity contribution in [3.8, 4) is 0 Å². The van der Waals surface area contributed by atoms with E-state index in [0.29, 0.717) is 27.7 Å². The normalized spacial score (nSPS) is 10.7. The summed E-state index contributed by atoms with van der Waals surface area (Å²) in [6.45, 7) is 5.15. The summed E-state index contributed by atoms with van der Waals surface area (Å²) in [7, 11) is 0. The first-order valence-corrected chi connectivity index (χ1v) is 7.45. The van der Waals surface area contributed by atoms with Gasteiger partial charge in [0.05, 0.1) is 6.20 Å². The Labute approximate surface area is 134 Å². The van der Waals surface area contributed by atoms with Crippen LogP contribution in [0.25, 0.3) is 0 Å². The Balaban J connectivity index is 2.03. The van der Waals surface area contributed by atoms with Crippen LogP contribution in [0.5, 0.6) is 0 Å². The molecule has 0 aliphatic rings. The number of nitrogens with one attached hydrogen (secondary N) is 2. The molecule has 0 saturated carbocycles. The van der Waals surface area contributed by atoms with E-state index in [1.165, 1.54) is 0 Å². The summed E-state index contributed by atoms with van der Waals surface area (Å²) in [4.78, 5) is 4.34. The molecule has 1 aromatic carbocycles. The van der Waals surface area contributed by atoms with Gasteiger partial charge in [0.15, 0.2) is 5.82 Å². The number of nitrogens with zero attached hydrogens (tertiary/aromatic N) is 3. The zero-order valence-corrected chi connectivity index (χ0v) is 13.4. The first kappa shape index (κ1) is 15.8. The van der Waals surface area contributed by atoms with Crippen molar-refractivity contribution < 1.29 is 0 Å². The molecular weight excluding hydrogens is 309 g/mol. The Morgan fingerprint density at radius 3 is 2.52 bits per heavy atom. The van der Waals surface area contributed by atoms with Crippen molar-refractivity contribution in [3.63, 3.8) is 0 Å². The maximum atomic E-state index is 5.96. The van der Waals surface area contributed by atoms with Crippen LogP contribution in [0.2, 0.25) is 10.0 Å². The molecule has 21 heavy (non-hydrogen) atoms. The Morgan fingerprint density at radius 2 is 1.86 bits per heavy atom. The predicted molar refractivity (Wildman–Crippen MR) is 87.5 cm³/mol. The fraction of sp³-hybridized carbons (Fsp3) is 0.357. The molecular formula is C14H17Cl2N5. The molecule has 2 rings (SSSR count). The van der Waals surface area contributed by atoms with Crippen molar-refractivity contribution in [1.29, 1.82) is 0 Å². The number of benzene rings is 1. The maximum Gasteiger partial charge on any atom is 0.244 e. The standard InChI is InChI=1S/C14H17Cl2N5/c1-9(2)3-4-17-14-20-13(8-18-21-14)19-12-6-10(15)5-11(16)7-12/h5-9H,3-4H2,1-2H3,(H2,17,19,20,21). The fourth-order valence-corrected chi connectivity index (χ4v) is 2.21. The second-order valence-electron chi connectivity index (χ2n) is 5.06. The van der Waals surface area contributed by atoms with E-state index in [1.54, 1.807) is 24.4 Å². The SMILES string of the molecule is CC(C)CCNc1nncc(Nc2cc(Cl)cc(Cl)c2)n1. The van der Waals surface area contributed by atoms with Crippen molar-refractivity contribution in [1.82, 2.24) is 15.2 Å². The first-order valence-electron chi connectivity index (χ1n) is 6.69. The van der Waals surface area contributed by atoms with Gasteiger partial charge in [-0.3, -0.25) is 0 Å². The largest absolute Gasteiger partial charge is 0.353 e. The van der Waals surface area contributed by atoms with E-state index < -0.39 is 0 Å². The van der Waals surface area contributed by atoms with Crippen molar-refractivity contribution in [3.05, 3.63) is 34.4 Å². The zero-order chi connectivity index (χ0) is 15.2. The topological polar surface area (TPSA) is 62.7 Å². The average molecular weight is 326 g/mol. The highest BCUT2D eigenvalue weighted by Gasteiger charge is 2.03. The van der Waals surface area contributed by atoms with Crippen molar-refractivity contribution in [2.24, 2.45) is 5.92 Å². The lowest BCUT2D eigenvalue weighted by molar-refractivity contribution is 0.605. The van der Waals surface area contributed by atoms with Gasteiger partial charge < -0.3 is 10.6 Å². The molecule has 2 aromatic rings. The average Bonchev–Trinajstić information content (AvgIpc) is 2.37. The molecule has 0 atom stereocenters. The van der Waals surface area contributed by atoms with Crippen LogP contribution in [0.15, 0.2) is 24.4 Å². The molecule has 0 radical (unpaired) electrons. The summed E-state index contributed by atoms with van der Waals surface area (Å²) in [6.07, 6.45) is 2.59. The van der Waals surface area contributed by atoms with Crippen LogP contribution in [0.1, 0.15) is 20.3 Å². The molecule has 0 unspecified atom stereocenters. The quantitative estimate of drug-likeness (QED) is 0.825. The van der Waals surface area contributed by atoms with E-state index in [1.807, 2.05) is 0 Å². The van der Waals surface area contributed by atoms with E-state index >= 15 is 0 Å². The zero-order valence-electron chi connectivity index (χ0n) is 11.9. The molecule has 7 heteroatoms. The van der Waals surface area contributed by atoms with Gasteiger partial charge in [-0.1, -0.05) is 37.0 Å². The molecule has 1 heterocycles. The van der Waals surface area contributed by atoms with E-state index in [4.69, 9.17) is 23.2 Å². The Morgan fingerprint density at radius 1 is 1.14 bits per heavy atom. The van der Waals surface area contributed by atoms with Gasteiger partial charge >= 0.3 is 0 Å². The minimum Gasteiger partial charge on any atom is -0.353 e. The molecule has 0 aliphatic heterocycles. The summed E-state index contributed by atoms with van der Waals surface area (Å²) < 4.78 is 0. The lowest BCUT2D eigenvalue weighted by Gasteiger charge is -2.09. The molecule has 0 aliphatic carbocycles. The summed E-state index contributed by atoms with van der Waals surface area (Å²) in [5, 5.41) is 15.2. The molecule has 0 fully saturated rings. The Bertz CT molecular complexity index is 583. The third-order valence-corrected chi connectivity index (χ3v) is 3.14. The lowest BCUT2D eigenvalue weighted by Crippen LogP contribution is -2.09. The molecule has 112 valence electrons. The lowest BCUT2D eigenvalue weighted by atomic mass is 10.1. The highest BCUT2D eigenvalue weighted by Crippen LogP contribution is 2.24. The number of rotatable bonds is 6. The van der Waals surface area contributed by atoms with Crippen molar-refractivity contribution in [2.75, 3.05) is 17.2 Å². The van der Waals surface area contributed by atoms with Gasteiger partial charge in [-0.25, -0.2) is 0 Å². The van der Waals surface area contributed by atoms with E-state index in [0.717, 1.165) is 18.7 Å². The summed E-state index contributed by atoms with van der Waals surface area (Å²) >= 11 is 11.9. The first-order chi connectivity index (χ1) is 10.0. The number of hydrogen-bond donors (Lipinski definition) is 2. The molecule has 1 aromatic heterocycles. The second-order valence-corrected chi connectivity index (χ2v) is 5.93. The van der Waals surface area contributed by atoms with Gasteiger partial charge in [0, 0.05) is 22.3 Å². The van der Waals surface area contributed by atoms with Crippen LogP contribution in [-0.4, -0.2) is 21.7 Å². The smallest absolute Gasteiger partial charge is 0.244 e. The highest BCUT2D eigenvalue weighted by molar-refractivity contribution is 6.35. The van der Waals surface area contributed by atoms with E-state index in [9.17, 15) is 0 Å². The van der Waals surface area contributed by atoms with Crippen LogP contribution in [0, 0.1) is 5.92 Å². The minimum atomic E-state index is 0.494. The molecule has 0 amide bonds. The van der Waals surface area contributed by atoms with Gasteiger partial charge in [-0.15, -0.1) is 5.10 Å². The third kappa shape index (κ3) is 5.36. The number of halogens is 2. The molecule has 0 saturated heterocycles. The van der Waals surface area contributed by atoms with Crippen LogP contribution in [-0.2, 0) is 0 Å². The molecule has 0 spiro atoms. The molecule has 0 bridgehead atoms. The van der Waals surface area contributed by atoms with Crippen LogP contribution in [0.3, 0.4) is 0 Å².